The van der Waals surface area contributed by atoms with Crippen LogP contribution in [0.3, 0.4) is 0 Å². The maximum atomic E-state index is 13.6. The number of carbonyl (C=O) groups excluding carboxylic acids is 3. The van der Waals surface area contributed by atoms with Crippen molar-refractivity contribution in [2.45, 2.75) is 58.4 Å². The molecule has 2 aromatic carbocycles. The third-order valence-electron chi connectivity index (χ3n) is 5.93. The van der Waals surface area contributed by atoms with E-state index in [4.69, 9.17) is 4.74 Å². The van der Waals surface area contributed by atoms with E-state index in [9.17, 15) is 18.8 Å². The van der Waals surface area contributed by atoms with E-state index in [1.165, 1.54) is 18.2 Å². The molecule has 0 fully saturated rings. The quantitative estimate of drug-likeness (QED) is 0.323. The fourth-order valence-electron chi connectivity index (χ4n) is 4.09. The molecule has 0 aliphatic heterocycles. The highest BCUT2D eigenvalue weighted by atomic mass is 19.1. The molecular weight excluding hydrogens is 449 g/mol. The van der Waals surface area contributed by atoms with Gasteiger partial charge in [-0.1, -0.05) is 18.9 Å². The number of aryl methyl sites for hydroxylation is 1. The van der Waals surface area contributed by atoms with E-state index in [2.05, 4.69) is 15.6 Å². The molecule has 7 nitrogen and oxygen atoms in total. The standard InChI is InChI=1S/C27H32FN3O4/c1-17(32)8-5-4-6-11-25(27(34)30-20-10-7-9-19(28)14-20)31-26(33)16-22-18(2)29-24-13-12-21(35-3)15-23(22)24/h7,9-10,12-15,25,29H,4-6,8,11,16H2,1-3H3,(H,30,34)(H,31,33)/t25-/m0/s1. The van der Waals surface area contributed by atoms with Crippen molar-refractivity contribution in [3.05, 3.63) is 59.5 Å². The zero-order chi connectivity index (χ0) is 25.4. The molecule has 35 heavy (non-hydrogen) atoms. The molecule has 3 aromatic rings. The smallest absolute Gasteiger partial charge is 0.246 e. The third kappa shape index (κ3) is 7.40. The SMILES string of the molecule is COc1ccc2[nH]c(C)c(CC(=O)N[C@@H](CCCCCC(C)=O)C(=O)Nc3cccc(F)c3)c2c1. The van der Waals surface area contributed by atoms with E-state index in [-0.39, 0.29) is 18.1 Å². The number of rotatable bonds is 12. The van der Waals surface area contributed by atoms with Gasteiger partial charge in [-0.05, 0) is 68.7 Å². The topological polar surface area (TPSA) is 100 Å². The third-order valence-corrected chi connectivity index (χ3v) is 5.93. The Balaban J connectivity index is 1.71. The molecule has 2 amide bonds. The molecule has 1 aromatic heterocycles. The number of anilines is 1. The number of carbonyl (C=O) groups is 3. The second-order valence-electron chi connectivity index (χ2n) is 8.74. The first-order chi connectivity index (χ1) is 16.8. The maximum absolute atomic E-state index is 13.6. The number of aromatic nitrogens is 1. The van der Waals surface area contributed by atoms with Crippen LogP contribution in [0.2, 0.25) is 0 Å². The molecule has 1 atom stereocenters. The van der Waals surface area contributed by atoms with Crippen LogP contribution in [0.4, 0.5) is 10.1 Å². The van der Waals surface area contributed by atoms with Gasteiger partial charge in [0.2, 0.25) is 11.8 Å². The predicted molar refractivity (Wildman–Crippen MR) is 134 cm³/mol. The Kier molecular flexibility index (Phi) is 9.00. The number of aromatic amines is 1. The van der Waals surface area contributed by atoms with Crippen molar-refractivity contribution in [3.63, 3.8) is 0 Å². The van der Waals surface area contributed by atoms with Crippen molar-refractivity contribution in [3.8, 4) is 5.75 Å². The number of halogens is 1. The van der Waals surface area contributed by atoms with Gasteiger partial charge in [-0.2, -0.15) is 0 Å². The molecule has 3 rings (SSSR count). The van der Waals surface area contributed by atoms with Gasteiger partial charge in [0, 0.05) is 28.7 Å². The summed E-state index contributed by atoms with van der Waals surface area (Å²) in [5.74, 6) is -0.342. The molecule has 1 heterocycles. The first-order valence-electron chi connectivity index (χ1n) is 11.8. The average Bonchev–Trinajstić information content (AvgIpc) is 3.11. The first kappa shape index (κ1) is 25.9. The van der Waals surface area contributed by atoms with Crippen LogP contribution in [0.25, 0.3) is 10.9 Å². The molecule has 0 spiro atoms. The van der Waals surface area contributed by atoms with E-state index >= 15 is 0 Å². The Morgan fingerprint density at radius 2 is 1.89 bits per heavy atom. The van der Waals surface area contributed by atoms with Crippen LogP contribution in [-0.4, -0.2) is 35.7 Å². The molecule has 186 valence electrons. The van der Waals surface area contributed by atoms with Crippen molar-refractivity contribution in [2.24, 2.45) is 0 Å². The Hall–Kier alpha value is -3.68. The van der Waals surface area contributed by atoms with E-state index < -0.39 is 17.8 Å². The van der Waals surface area contributed by atoms with E-state index in [0.29, 0.717) is 30.7 Å². The lowest BCUT2D eigenvalue weighted by atomic mass is 10.0. The molecule has 0 radical (unpaired) electrons. The van der Waals surface area contributed by atoms with Gasteiger partial charge >= 0.3 is 0 Å². The Morgan fingerprint density at radius 3 is 2.60 bits per heavy atom. The number of hydrogen-bond donors (Lipinski definition) is 3. The highest BCUT2D eigenvalue weighted by molar-refractivity contribution is 5.98. The molecule has 0 bridgehead atoms. The summed E-state index contributed by atoms with van der Waals surface area (Å²) in [6.07, 6.45) is 3.16. The predicted octanol–water partition coefficient (Wildman–Crippen LogP) is 4.83. The van der Waals surface area contributed by atoms with E-state index in [1.54, 1.807) is 20.1 Å². The van der Waals surface area contributed by atoms with Crippen LogP contribution in [-0.2, 0) is 20.8 Å². The number of fused-ring (bicyclic) bond motifs is 1. The number of Topliss-reactive ketones (excluding diaryl/α,β-unsaturated/α-hetero) is 1. The summed E-state index contributed by atoms with van der Waals surface area (Å²) in [6, 6.07) is 10.5. The number of ether oxygens (including phenoxy) is 1. The minimum Gasteiger partial charge on any atom is -0.497 e. The second kappa shape index (κ2) is 12.1. The largest absolute Gasteiger partial charge is 0.497 e. The van der Waals surface area contributed by atoms with Crippen molar-refractivity contribution in [1.29, 1.82) is 0 Å². The van der Waals surface area contributed by atoms with Gasteiger partial charge in [-0.3, -0.25) is 9.59 Å². The lowest BCUT2D eigenvalue weighted by Gasteiger charge is -2.19. The van der Waals surface area contributed by atoms with E-state index in [1.807, 2.05) is 25.1 Å². The van der Waals surface area contributed by atoms with Crippen molar-refractivity contribution in [2.75, 3.05) is 12.4 Å². The van der Waals surface area contributed by atoms with Gasteiger partial charge in [0.1, 0.15) is 23.4 Å². The van der Waals surface area contributed by atoms with E-state index in [0.717, 1.165) is 35.0 Å². The highest BCUT2D eigenvalue weighted by Crippen LogP contribution is 2.27. The fraction of sp³-hybridized carbons (Fsp3) is 0.370. The maximum Gasteiger partial charge on any atom is 0.246 e. The van der Waals surface area contributed by atoms with Crippen LogP contribution in [0, 0.1) is 12.7 Å². The number of nitrogens with one attached hydrogen (secondary N) is 3. The fourth-order valence-corrected chi connectivity index (χ4v) is 4.09. The highest BCUT2D eigenvalue weighted by Gasteiger charge is 2.22. The second-order valence-corrected chi connectivity index (χ2v) is 8.74. The summed E-state index contributed by atoms with van der Waals surface area (Å²) >= 11 is 0. The first-order valence-corrected chi connectivity index (χ1v) is 11.8. The molecule has 3 N–H and O–H groups in total. The van der Waals surface area contributed by atoms with Gasteiger partial charge in [0.25, 0.3) is 0 Å². The molecule has 0 unspecified atom stereocenters. The summed E-state index contributed by atoms with van der Waals surface area (Å²) in [7, 11) is 1.59. The average molecular weight is 482 g/mol. The van der Waals surface area contributed by atoms with Crippen molar-refractivity contribution < 1.29 is 23.5 Å². The number of ketones is 1. The van der Waals surface area contributed by atoms with Crippen LogP contribution in [0.1, 0.15) is 50.3 Å². The van der Waals surface area contributed by atoms with Crippen LogP contribution >= 0.6 is 0 Å². The minimum absolute atomic E-state index is 0.0904. The van der Waals surface area contributed by atoms with Gasteiger partial charge in [0.15, 0.2) is 0 Å². The van der Waals surface area contributed by atoms with Crippen molar-refractivity contribution >= 4 is 34.2 Å². The number of unbranched alkanes of at least 4 members (excludes halogenated alkanes) is 2. The van der Waals surface area contributed by atoms with Crippen LogP contribution in [0.15, 0.2) is 42.5 Å². The summed E-state index contributed by atoms with van der Waals surface area (Å²) in [6.45, 7) is 3.45. The number of methoxy groups -OCH3 is 1. The van der Waals surface area contributed by atoms with Crippen LogP contribution in [0.5, 0.6) is 5.75 Å². The van der Waals surface area contributed by atoms with Gasteiger partial charge in [-0.15, -0.1) is 0 Å². The molecular formula is C27H32FN3O4. The summed E-state index contributed by atoms with van der Waals surface area (Å²) in [4.78, 5) is 40.4. The number of hydrogen-bond acceptors (Lipinski definition) is 4. The Bertz CT molecular complexity index is 1200. The Morgan fingerprint density at radius 1 is 1.09 bits per heavy atom. The molecule has 8 heteroatoms. The monoisotopic (exact) mass is 481 g/mol. The molecule has 0 saturated carbocycles. The van der Waals surface area contributed by atoms with Crippen molar-refractivity contribution in [1.82, 2.24) is 10.3 Å². The minimum atomic E-state index is -0.789. The lowest BCUT2D eigenvalue weighted by Crippen LogP contribution is -2.44. The normalized spacial score (nSPS) is 11.8. The van der Waals surface area contributed by atoms with Crippen LogP contribution < -0.4 is 15.4 Å². The number of H-pyrrole nitrogens is 1. The zero-order valence-electron chi connectivity index (χ0n) is 20.4. The lowest BCUT2D eigenvalue weighted by molar-refractivity contribution is -0.126. The molecule has 0 aliphatic carbocycles. The molecule has 0 aliphatic rings. The molecule has 0 saturated heterocycles. The summed E-state index contributed by atoms with van der Waals surface area (Å²) < 4.78 is 18.9. The van der Waals surface area contributed by atoms with Gasteiger partial charge < -0.3 is 25.1 Å². The summed E-state index contributed by atoms with van der Waals surface area (Å²) in [5, 5.41) is 6.44. The number of benzene rings is 2. The zero-order valence-corrected chi connectivity index (χ0v) is 20.4. The van der Waals surface area contributed by atoms with Gasteiger partial charge in [-0.25, -0.2) is 4.39 Å². The number of amides is 2. The Labute approximate surface area is 204 Å². The van der Waals surface area contributed by atoms with Gasteiger partial charge in [0.05, 0.1) is 13.5 Å². The summed E-state index contributed by atoms with van der Waals surface area (Å²) in [5.41, 5.74) is 2.93.